The van der Waals surface area contributed by atoms with Gasteiger partial charge in [-0.3, -0.25) is 0 Å². The largest absolute Gasteiger partial charge is 0.465 e. The van der Waals surface area contributed by atoms with Crippen LogP contribution < -0.4 is 5.32 Å². The van der Waals surface area contributed by atoms with Gasteiger partial charge in [-0.05, 0) is 30.0 Å². The number of methoxy groups -OCH3 is 1. The quantitative estimate of drug-likeness (QED) is 0.490. The standard InChI is InChI=1S/C24H22N2O2S/c1-16-18-11-6-7-12-19(18)26-20(22(16)24(27)28-2)15-25-23(21-13-8-14-29-21)17-9-4-3-5-10-17/h3-14,23,25H,15H2,1-2H3/p+1/t23-/m0/s1. The molecule has 0 aliphatic carbocycles. The molecule has 0 radical (unpaired) electrons. The van der Waals surface area contributed by atoms with Crippen LogP contribution in [0, 0.1) is 6.92 Å². The first-order chi connectivity index (χ1) is 14.2. The van der Waals surface area contributed by atoms with Crippen molar-refractivity contribution in [1.82, 2.24) is 4.98 Å². The van der Waals surface area contributed by atoms with E-state index in [0.717, 1.165) is 22.2 Å². The molecular weight excluding hydrogens is 380 g/mol. The summed E-state index contributed by atoms with van der Waals surface area (Å²) in [6, 6.07) is 22.7. The number of ether oxygens (including phenoxy) is 1. The molecule has 0 bridgehead atoms. The highest BCUT2D eigenvalue weighted by molar-refractivity contribution is 7.10. The van der Waals surface area contributed by atoms with Crippen LogP contribution in [0.3, 0.4) is 0 Å². The number of nitrogens with two attached hydrogens (primary N) is 1. The maximum absolute atomic E-state index is 12.6. The Kier molecular flexibility index (Phi) is 5.69. The lowest BCUT2D eigenvalue weighted by molar-refractivity contribution is -0.702. The van der Waals surface area contributed by atoms with E-state index in [1.54, 1.807) is 11.3 Å². The fourth-order valence-corrected chi connectivity index (χ4v) is 4.59. The highest BCUT2D eigenvalue weighted by Gasteiger charge is 2.23. The van der Waals surface area contributed by atoms with E-state index in [1.165, 1.54) is 17.6 Å². The lowest BCUT2D eigenvalue weighted by atomic mass is 10.0. The Labute approximate surface area is 174 Å². The second-order valence-corrected chi connectivity index (χ2v) is 7.89. The minimum atomic E-state index is -0.337. The van der Waals surface area contributed by atoms with Gasteiger partial charge in [0.05, 0.1) is 23.1 Å². The van der Waals surface area contributed by atoms with Gasteiger partial charge >= 0.3 is 5.97 Å². The number of quaternary nitrogens is 1. The fourth-order valence-electron chi connectivity index (χ4n) is 3.74. The van der Waals surface area contributed by atoms with Crippen molar-refractivity contribution in [1.29, 1.82) is 0 Å². The van der Waals surface area contributed by atoms with E-state index < -0.39 is 0 Å². The average molecular weight is 404 g/mol. The first-order valence-electron chi connectivity index (χ1n) is 9.57. The van der Waals surface area contributed by atoms with Crippen molar-refractivity contribution in [2.45, 2.75) is 19.5 Å². The van der Waals surface area contributed by atoms with E-state index in [2.05, 4.69) is 47.1 Å². The first-order valence-corrected chi connectivity index (χ1v) is 10.4. The van der Waals surface area contributed by atoms with E-state index in [0.29, 0.717) is 12.1 Å². The summed E-state index contributed by atoms with van der Waals surface area (Å²) in [5.41, 5.74) is 4.37. The van der Waals surface area contributed by atoms with E-state index in [1.807, 2.05) is 37.3 Å². The number of fused-ring (bicyclic) bond motifs is 1. The molecule has 1 atom stereocenters. The number of hydrogen-bond acceptors (Lipinski definition) is 4. The summed E-state index contributed by atoms with van der Waals surface area (Å²) in [5, 5.41) is 5.32. The molecule has 29 heavy (non-hydrogen) atoms. The summed E-state index contributed by atoms with van der Waals surface area (Å²) in [6.45, 7) is 2.54. The van der Waals surface area contributed by atoms with Crippen molar-refractivity contribution in [3.8, 4) is 0 Å². The number of para-hydroxylation sites is 1. The van der Waals surface area contributed by atoms with Crippen LogP contribution in [0.4, 0.5) is 0 Å². The number of hydrogen-bond donors (Lipinski definition) is 1. The minimum absolute atomic E-state index is 0.148. The molecular formula is C24H23N2O2S+. The van der Waals surface area contributed by atoms with Crippen LogP contribution in [0.25, 0.3) is 10.9 Å². The van der Waals surface area contributed by atoms with Gasteiger partial charge in [-0.1, -0.05) is 54.6 Å². The smallest absolute Gasteiger partial charge is 0.340 e. The Bertz CT molecular complexity index is 1120. The van der Waals surface area contributed by atoms with Gasteiger partial charge in [0.15, 0.2) is 0 Å². The molecule has 2 aromatic heterocycles. The van der Waals surface area contributed by atoms with Crippen LogP contribution in [0.2, 0.25) is 0 Å². The molecule has 0 aliphatic rings. The van der Waals surface area contributed by atoms with Gasteiger partial charge in [-0.25, -0.2) is 9.78 Å². The average Bonchev–Trinajstić information content (AvgIpc) is 3.29. The molecule has 0 spiro atoms. The Balaban J connectivity index is 1.73. The van der Waals surface area contributed by atoms with Crippen LogP contribution in [-0.2, 0) is 11.3 Å². The van der Waals surface area contributed by atoms with Crippen molar-refractivity contribution in [3.05, 3.63) is 99.4 Å². The molecule has 2 N–H and O–H groups in total. The highest BCUT2D eigenvalue weighted by atomic mass is 32.1. The lowest BCUT2D eigenvalue weighted by Crippen LogP contribution is -2.84. The number of carbonyl (C=O) groups excluding carboxylic acids is 1. The van der Waals surface area contributed by atoms with Gasteiger partial charge < -0.3 is 10.1 Å². The maximum atomic E-state index is 12.6. The van der Waals surface area contributed by atoms with Gasteiger partial charge in [-0.15, -0.1) is 11.3 Å². The molecule has 5 heteroatoms. The second-order valence-electron chi connectivity index (χ2n) is 6.91. The topological polar surface area (TPSA) is 55.8 Å². The zero-order valence-electron chi connectivity index (χ0n) is 16.5. The zero-order valence-corrected chi connectivity index (χ0v) is 17.3. The Morgan fingerprint density at radius 1 is 1.07 bits per heavy atom. The molecule has 4 aromatic rings. The van der Waals surface area contributed by atoms with Gasteiger partial charge in [0.2, 0.25) is 0 Å². The third-order valence-electron chi connectivity index (χ3n) is 5.17. The van der Waals surface area contributed by atoms with Crippen LogP contribution in [0.15, 0.2) is 72.1 Å². The molecule has 0 unspecified atom stereocenters. The van der Waals surface area contributed by atoms with E-state index in [4.69, 9.17) is 9.72 Å². The third kappa shape index (κ3) is 3.92. The number of pyridine rings is 1. The number of carbonyl (C=O) groups is 1. The van der Waals surface area contributed by atoms with Crippen LogP contribution in [0.1, 0.15) is 38.1 Å². The number of rotatable bonds is 6. The Morgan fingerprint density at radius 2 is 1.83 bits per heavy atom. The van der Waals surface area contributed by atoms with E-state index in [9.17, 15) is 4.79 Å². The Hall–Kier alpha value is -3.02. The van der Waals surface area contributed by atoms with Crippen molar-refractivity contribution in [3.63, 3.8) is 0 Å². The van der Waals surface area contributed by atoms with E-state index >= 15 is 0 Å². The molecule has 0 saturated carbocycles. The second kappa shape index (κ2) is 8.55. The van der Waals surface area contributed by atoms with E-state index in [-0.39, 0.29) is 12.0 Å². The van der Waals surface area contributed by atoms with Gasteiger partial charge in [0.25, 0.3) is 0 Å². The minimum Gasteiger partial charge on any atom is -0.465 e. The van der Waals surface area contributed by atoms with Gasteiger partial charge in [-0.2, -0.15) is 0 Å². The maximum Gasteiger partial charge on any atom is 0.340 e. The zero-order chi connectivity index (χ0) is 20.2. The molecule has 2 heterocycles. The number of esters is 1. The SMILES string of the molecule is COC(=O)c1c(C[NH2+][C@@H](c2ccccc2)c2cccs2)nc2ccccc2c1C. The highest BCUT2D eigenvalue weighted by Crippen LogP contribution is 2.25. The Morgan fingerprint density at radius 3 is 2.55 bits per heavy atom. The number of aryl methyl sites for hydroxylation is 1. The predicted octanol–water partition coefficient (Wildman–Crippen LogP) is 4.24. The van der Waals surface area contributed by atoms with Crippen molar-refractivity contribution >= 4 is 28.2 Å². The summed E-state index contributed by atoms with van der Waals surface area (Å²) >= 11 is 1.74. The van der Waals surface area contributed by atoms with Crippen molar-refractivity contribution < 1.29 is 14.8 Å². The van der Waals surface area contributed by atoms with Gasteiger partial charge in [0.1, 0.15) is 18.3 Å². The number of aromatic nitrogens is 1. The number of benzene rings is 2. The number of nitrogens with zero attached hydrogens (tertiary/aromatic N) is 1. The molecule has 4 rings (SSSR count). The van der Waals surface area contributed by atoms with Crippen LogP contribution >= 0.6 is 11.3 Å². The van der Waals surface area contributed by atoms with Crippen molar-refractivity contribution in [2.24, 2.45) is 0 Å². The summed E-state index contributed by atoms with van der Waals surface area (Å²) in [7, 11) is 1.42. The monoisotopic (exact) mass is 403 g/mol. The number of thiophene rings is 1. The molecule has 0 amide bonds. The van der Waals surface area contributed by atoms with Crippen molar-refractivity contribution in [2.75, 3.05) is 7.11 Å². The molecule has 0 fully saturated rings. The molecule has 4 nitrogen and oxygen atoms in total. The molecule has 146 valence electrons. The summed E-state index contributed by atoms with van der Waals surface area (Å²) in [5.74, 6) is -0.337. The molecule has 0 aliphatic heterocycles. The van der Waals surface area contributed by atoms with Crippen LogP contribution in [0.5, 0.6) is 0 Å². The van der Waals surface area contributed by atoms with Gasteiger partial charge in [0, 0.05) is 10.9 Å². The lowest BCUT2D eigenvalue weighted by Gasteiger charge is -2.17. The fraction of sp³-hybridized carbons (Fsp3) is 0.167. The normalized spacial score (nSPS) is 12.1. The molecule has 2 aromatic carbocycles. The third-order valence-corrected chi connectivity index (χ3v) is 6.13. The summed E-state index contributed by atoms with van der Waals surface area (Å²) in [4.78, 5) is 18.7. The molecule has 0 saturated heterocycles. The summed E-state index contributed by atoms with van der Waals surface area (Å²) < 4.78 is 5.08. The predicted molar refractivity (Wildman–Crippen MR) is 116 cm³/mol. The van der Waals surface area contributed by atoms with Crippen LogP contribution in [-0.4, -0.2) is 18.1 Å². The first kappa shape index (κ1) is 19.3. The summed E-state index contributed by atoms with van der Waals surface area (Å²) in [6.07, 6.45) is 0.